The molecule has 0 fully saturated rings. The summed E-state index contributed by atoms with van der Waals surface area (Å²) in [5.41, 5.74) is 0. The molecule has 3 nitrogen and oxygen atoms in total. The van der Waals surface area contributed by atoms with Gasteiger partial charge in [-0.1, -0.05) is 34.3 Å². The summed E-state index contributed by atoms with van der Waals surface area (Å²) >= 11 is 0. The Kier molecular flexibility index (Phi) is 7.25. The van der Waals surface area contributed by atoms with Crippen molar-refractivity contribution in [1.82, 2.24) is 0 Å². The minimum atomic E-state index is -2.50. The third-order valence-corrected chi connectivity index (χ3v) is 9.77. The van der Waals surface area contributed by atoms with Crippen LogP contribution in [0.1, 0.15) is 27.7 Å². The van der Waals surface area contributed by atoms with Crippen LogP contribution in [0.5, 0.6) is 0 Å². The smallest absolute Gasteiger partial charge is 0.392 e. The van der Waals surface area contributed by atoms with E-state index in [4.69, 9.17) is 8.54 Å². The summed E-state index contributed by atoms with van der Waals surface area (Å²) in [7, 11) is -4.26. The van der Waals surface area contributed by atoms with Gasteiger partial charge in [-0.05, 0) is 31.5 Å². The molecule has 0 aliphatic carbocycles. The summed E-state index contributed by atoms with van der Waals surface area (Å²) < 4.78 is 12.2. The average Bonchev–Trinajstić information content (AvgIpc) is 2.11. The standard InChI is InChI=1S/C14H30O3Si2/c1-9-14(15)16-19(10-12(2)3,11-13(4)5)17-18(6,7)8/h9,12-13H,1,10-11H2,2-8H3. The van der Waals surface area contributed by atoms with Gasteiger partial charge in [-0.25, -0.2) is 4.79 Å². The summed E-state index contributed by atoms with van der Waals surface area (Å²) in [6.07, 6.45) is 1.25. The highest BCUT2D eigenvalue weighted by atomic mass is 28.4. The Labute approximate surface area is 120 Å². The molecule has 0 atom stereocenters. The molecule has 5 heteroatoms. The van der Waals surface area contributed by atoms with Crippen LogP contribution < -0.4 is 0 Å². The van der Waals surface area contributed by atoms with Gasteiger partial charge in [-0.15, -0.1) is 0 Å². The maximum atomic E-state index is 11.7. The van der Waals surface area contributed by atoms with E-state index in [0.29, 0.717) is 11.8 Å². The molecule has 0 heterocycles. The molecular formula is C14H30O3Si2. The van der Waals surface area contributed by atoms with Crippen molar-refractivity contribution in [2.75, 3.05) is 0 Å². The zero-order valence-electron chi connectivity index (χ0n) is 13.6. The van der Waals surface area contributed by atoms with Crippen molar-refractivity contribution in [1.29, 1.82) is 0 Å². The van der Waals surface area contributed by atoms with Gasteiger partial charge in [-0.2, -0.15) is 0 Å². The number of hydrogen-bond acceptors (Lipinski definition) is 3. The van der Waals surface area contributed by atoms with E-state index in [2.05, 4.69) is 53.9 Å². The highest BCUT2D eigenvalue weighted by Crippen LogP contribution is 2.31. The van der Waals surface area contributed by atoms with Crippen LogP contribution in [-0.2, 0) is 13.3 Å². The molecule has 0 aromatic rings. The van der Waals surface area contributed by atoms with E-state index in [1.165, 1.54) is 6.08 Å². The lowest BCUT2D eigenvalue weighted by Gasteiger charge is -2.37. The van der Waals surface area contributed by atoms with E-state index in [1.807, 2.05) is 0 Å². The van der Waals surface area contributed by atoms with E-state index < -0.39 is 16.9 Å². The topological polar surface area (TPSA) is 35.5 Å². The Morgan fingerprint density at radius 1 is 1.11 bits per heavy atom. The normalized spacial score (nSPS) is 12.9. The monoisotopic (exact) mass is 302 g/mol. The Bertz CT molecular complexity index is 296. The zero-order chi connectivity index (χ0) is 15.3. The fourth-order valence-electron chi connectivity index (χ4n) is 2.30. The second kappa shape index (κ2) is 7.40. The first-order chi connectivity index (χ1) is 8.49. The molecule has 0 aliphatic heterocycles. The Morgan fingerprint density at radius 3 is 1.79 bits per heavy atom. The van der Waals surface area contributed by atoms with Crippen molar-refractivity contribution >= 4 is 22.8 Å². The first kappa shape index (κ1) is 18.6. The number of carbonyl (C=O) groups is 1. The molecule has 0 saturated carbocycles. The van der Waals surface area contributed by atoms with Gasteiger partial charge < -0.3 is 8.54 Å². The second-order valence-corrected chi connectivity index (χ2v) is 14.8. The van der Waals surface area contributed by atoms with Crippen molar-refractivity contribution in [2.45, 2.75) is 59.4 Å². The van der Waals surface area contributed by atoms with Crippen LogP contribution in [0.3, 0.4) is 0 Å². The van der Waals surface area contributed by atoms with Crippen LogP contribution in [0.2, 0.25) is 31.7 Å². The van der Waals surface area contributed by atoms with Gasteiger partial charge in [0.25, 0.3) is 0 Å². The lowest BCUT2D eigenvalue weighted by Crippen LogP contribution is -2.52. The van der Waals surface area contributed by atoms with Gasteiger partial charge in [0.1, 0.15) is 0 Å². The fourth-order valence-corrected chi connectivity index (χ4v) is 10.9. The quantitative estimate of drug-likeness (QED) is 0.495. The highest BCUT2D eigenvalue weighted by Gasteiger charge is 2.45. The van der Waals surface area contributed by atoms with E-state index in [1.54, 1.807) is 0 Å². The molecule has 0 saturated heterocycles. The summed E-state index contributed by atoms with van der Waals surface area (Å²) in [5.74, 6) is 0.574. The van der Waals surface area contributed by atoms with Gasteiger partial charge >= 0.3 is 14.5 Å². The zero-order valence-corrected chi connectivity index (χ0v) is 15.6. The second-order valence-electron chi connectivity index (χ2n) is 6.95. The molecular weight excluding hydrogens is 272 g/mol. The molecule has 0 aliphatic rings. The van der Waals surface area contributed by atoms with Crippen molar-refractivity contribution in [2.24, 2.45) is 11.8 Å². The molecule has 0 spiro atoms. The van der Waals surface area contributed by atoms with Gasteiger partial charge in [0.15, 0.2) is 8.32 Å². The van der Waals surface area contributed by atoms with Crippen molar-refractivity contribution in [3.63, 3.8) is 0 Å². The van der Waals surface area contributed by atoms with Crippen molar-refractivity contribution in [3.8, 4) is 0 Å². The van der Waals surface area contributed by atoms with Crippen LogP contribution in [0.25, 0.3) is 0 Å². The summed E-state index contributed by atoms with van der Waals surface area (Å²) in [5, 5.41) is 0. The highest BCUT2D eigenvalue weighted by molar-refractivity contribution is 6.83. The molecule has 112 valence electrons. The van der Waals surface area contributed by atoms with Crippen molar-refractivity contribution < 1.29 is 13.3 Å². The average molecular weight is 303 g/mol. The van der Waals surface area contributed by atoms with E-state index >= 15 is 0 Å². The number of carbonyl (C=O) groups excluding carboxylic acids is 1. The molecule has 0 amide bonds. The molecule has 0 rings (SSSR count). The van der Waals surface area contributed by atoms with Crippen LogP contribution in [-0.4, -0.2) is 22.8 Å². The molecule has 0 N–H and O–H groups in total. The van der Waals surface area contributed by atoms with Crippen LogP contribution in [0.4, 0.5) is 0 Å². The van der Waals surface area contributed by atoms with Gasteiger partial charge in [-0.3, -0.25) is 0 Å². The van der Waals surface area contributed by atoms with Gasteiger partial charge in [0.05, 0.1) is 0 Å². The van der Waals surface area contributed by atoms with E-state index in [-0.39, 0.29) is 5.97 Å². The number of hydrogen-bond donors (Lipinski definition) is 0. The predicted molar refractivity (Wildman–Crippen MR) is 85.8 cm³/mol. The predicted octanol–water partition coefficient (Wildman–Crippen LogP) is 4.32. The summed E-state index contributed by atoms with van der Waals surface area (Å²) in [6.45, 7) is 18.6. The third kappa shape index (κ3) is 8.39. The summed E-state index contributed by atoms with van der Waals surface area (Å²) in [6, 6.07) is 1.71. The molecule has 0 radical (unpaired) electrons. The van der Waals surface area contributed by atoms with Crippen LogP contribution >= 0.6 is 0 Å². The maximum Gasteiger partial charge on any atom is 0.392 e. The molecule has 0 bridgehead atoms. The first-order valence-corrected chi connectivity index (χ1v) is 12.7. The van der Waals surface area contributed by atoms with Gasteiger partial charge in [0.2, 0.25) is 0 Å². The third-order valence-electron chi connectivity index (χ3n) is 2.38. The Balaban J connectivity index is 5.29. The van der Waals surface area contributed by atoms with Crippen LogP contribution in [0, 0.1) is 11.8 Å². The number of rotatable bonds is 8. The SMILES string of the molecule is C=CC(=O)O[Si](CC(C)C)(CC(C)C)O[Si](C)(C)C. The Morgan fingerprint density at radius 2 is 1.53 bits per heavy atom. The minimum absolute atomic E-state index is 0.341. The summed E-state index contributed by atoms with van der Waals surface area (Å²) in [4.78, 5) is 11.7. The first-order valence-electron chi connectivity index (χ1n) is 7.05. The lowest BCUT2D eigenvalue weighted by molar-refractivity contribution is -0.130. The molecule has 0 unspecified atom stereocenters. The van der Waals surface area contributed by atoms with E-state index in [9.17, 15) is 4.79 Å². The maximum absolute atomic E-state index is 11.7. The van der Waals surface area contributed by atoms with Crippen molar-refractivity contribution in [3.05, 3.63) is 12.7 Å². The van der Waals surface area contributed by atoms with E-state index in [0.717, 1.165) is 12.1 Å². The lowest BCUT2D eigenvalue weighted by atomic mass is 10.3. The fraction of sp³-hybridized carbons (Fsp3) is 0.786. The largest absolute Gasteiger partial charge is 0.492 e. The Hall–Kier alpha value is -0.396. The van der Waals surface area contributed by atoms with Gasteiger partial charge in [0, 0.05) is 18.2 Å². The molecule has 0 aromatic heterocycles. The molecule has 0 aromatic carbocycles. The van der Waals surface area contributed by atoms with Crippen LogP contribution in [0.15, 0.2) is 12.7 Å². The molecule has 19 heavy (non-hydrogen) atoms. The minimum Gasteiger partial charge on any atom is -0.492 e.